The third kappa shape index (κ3) is 5.15. The number of hydrogen-bond donors (Lipinski definition) is 2. The molecule has 0 bridgehead atoms. The minimum Gasteiger partial charge on any atom is -0.334 e. The normalized spacial score (nSPS) is 18.4. The number of anilines is 1. The number of hydrogen-bond acceptors (Lipinski definition) is 3. The van der Waals surface area contributed by atoms with Crippen molar-refractivity contribution in [2.45, 2.75) is 51.2 Å². The summed E-state index contributed by atoms with van der Waals surface area (Å²) in [7, 11) is 1.79. The van der Waals surface area contributed by atoms with Gasteiger partial charge in [-0.05, 0) is 50.3 Å². The monoisotopic (exact) mass is 462 g/mol. The van der Waals surface area contributed by atoms with Crippen LogP contribution >= 0.6 is 11.6 Å². The van der Waals surface area contributed by atoms with Crippen LogP contribution < -0.4 is 10.6 Å². The standard InChI is InChI=1S/C22H28ClFN6O2/c1-14-8-15(20(24)9-19(14)23)10-25-21(31)30(17-5-6-17)18-4-3-7-29(13-18)22(32)27-16-11-26-28(2)12-16/h8-9,11-12,17-18H,3-7,10,13H2,1-2H3,(H,25,31)(H,27,32)/t18-/m1/s1. The number of urea groups is 2. The maximum absolute atomic E-state index is 14.2. The lowest BCUT2D eigenvalue weighted by Crippen LogP contribution is -2.55. The van der Waals surface area contributed by atoms with Crippen LogP contribution in [-0.2, 0) is 13.6 Å². The zero-order chi connectivity index (χ0) is 22.8. The second-order valence-electron chi connectivity index (χ2n) is 8.56. The molecule has 1 aromatic heterocycles. The molecule has 2 fully saturated rings. The molecule has 1 atom stereocenters. The molecule has 1 saturated heterocycles. The van der Waals surface area contributed by atoms with Gasteiger partial charge in [0.25, 0.3) is 0 Å². The Kier molecular flexibility index (Phi) is 6.55. The summed E-state index contributed by atoms with van der Waals surface area (Å²) >= 11 is 5.96. The van der Waals surface area contributed by atoms with E-state index >= 15 is 0 Å². The fourth-order valence-corrected chi connectivity index (χ4v) is 4.30. The lowest BCUT2D eigenvalue weighted by atomic mass is 10.0. The summed E-state index contributed by atoms with van der Waals surface area (Å²) in [6.07, 6.45) is 6.86. The SMILES string of the molecule is Cc1cc(CNC(=O)N(C2CC2)[C@@H]2CCCN(C(=O)Nc3cnn(C)c3)C2)c(F)cc1Cl. The summed E-state index contributed by atoms with van der Waals surface area (Å²) < 4.78 is 15.8. The van der Waals surface area contributed by atoms with E-state index in [1.54, 1.807) is 42.0 Å². The Morgan fingerprint density at radius 2 is 2.06 bits per heavy atom. The summed E-state index contributed by atoms with van der Waals surface area (Å²) in [6, 6.07) is 2.60. The highest BCUT2D eigenvalue weighted by atomic mass is 35.5. The number of amides is 4. The van der Waals surface area contributed by atoms with Crippen LogP contribution in [0.4, 0.5) is 19.7 Å². The third-order valence-corrected chi connectivity index (χ3v) is 6.37. The number of nitrogens with one attached hydrogen (secondary N) is 2. The first kappa shape index (κ1) is 22.4. The average molecular weight is 463 g/mol. The Labute approximate surface area is 191 Å². The number of aryl methyl sites for hydroxylation is 2. The minimum absolute atomic E-state index is 0.0762. The maximum atomic E-state index is 14.2. The van der Waals surface area contributed by atoms with Crippen molar-refractivity contribution in [1.29, 1.82) is 0 Å². The Morgan fingerprint density at radius 3 is 2.75 bits per heavy atom. The molecule has 1 saturated carbocycles. The minimum atomic E-state index is -0.435. The van der Waals surface area contributed by atoms with Gasteiger partial charge in [0.2, 0.25) is 0 Å². The van der Waals surface area contributed by atoms with E-state index in [0.717, 1.165) is 31.2 Å². The van der Waals surface area contributed by atoms with Gasteiger partial charge in [-0.1, -0.05) is 11.6 Å². The molecule has 10 heteroatoms. The highest BCUT2D eigenvalue weighted by Gasteiger charge is 2.39. The first-order valence-electron chi connectivity index (χ1n) is 10.9. The van der Waals surface area contributed by atoms with E-state index in [1.807, 2.05) is 4.90 Å². The Bertz CT molecular complexity index is 1010. The molecule has 8 nitrogen and oxygen atoms in total. The molecule has 1 aliphatic carbocycles. The van der Waals surface area contributed by atoms with E-state index in [0.29, 0.717) is 29.4 Å². The number of nitrogens with zero attached hydrogens (tertiary/aromatic N) is 4. The average Bonchev–Trinajstić information content (AvgIpc) is 3.51. The van der Waals surface area contributed by atoms with Gasteiger partial charge in [-0.15, -0.1) is 0 Å². The molecule has 0 spiro atoms. The fourth-order valence-electron chi connectivity index (χ4n) is 4.15. The van der Waals surface area contributed by atoms with Gasteiger partial charge in [-0.2, -0.15) is 5.10 Å². The second-order valence-corrected chi connectivity index (χ2v) is 8.97. The molecule has 1 aliphatic heterocycles. The highest BCUT2D eigenvalue weighted by molar-refractivity contribution is 6.31. The van der Waals surface area contributed by atoms with Gasteiger partial charge in [0, 0.05) is 49.5 Å². The molecule has 1 aromatic carbocycles. The second kappa shape index (κ2) is 9.36. The molecule has 0 radical (unpaired) electrons. The van der Waals surface area contributed by atoms with Gasteiger partial charge in [0.15, 0.2) is 0 Å². The van der Waals surface area contributed by atoms with Gasteiger partial charge < -0.3 is 20.4 Å². The predicted octanol–water partition coefficient (Wildman–Crippen LogP) is 3.89. The van der Waals surface area contributed by atoms with Crippen LogP contribution in [0.15, 0.2) is 24.5 Å². The molecule has 4 rings (SSSR count). The summed E-state index contributed by atoms with van der Waals surface area (Å²) in [4.78, 5) is 29.4. The Morgan fingerprint density at radius 1 is 1.28 bits per heavy atom. The molecule has 2 aromatic rings. The van der Waals surface area contributed by atoms with Crippen molar-refractivity contribution in [3.63, 3.8) is 0 Å². The lowest BCUT2D eigenvalue weighted by molar-refractivity contribution is 0.119. The van der Waals surface area contributed by atoms with Crippen molar-refractivity contribution in [3.05, 3.63) is 46.5 Å². The van der Waals surface area contributed by atoms with Crippen molar-refractivity contribution in [3.8, 4) is 0 Å². The number of carbonyl (C=O) groups excluding carboxylic acids is 2. The largest absolute Gasteiger partial charge is 0.334 e. The molecule has 2 N–H and O–H groups in total. The molecule has 2 heterocycles. The highest BCUT2D eigenvalue weighted by Crippen LogP contribution is 2.32. The van der Waals surface area contributed by atoms with Crippen LogP contribution in [-0.4, -0.2) is 56.8 Å². The topological polar surface area (TPSA) is 82.5 Å². The summed E-state index contributed by atoms with van der Waals surface area (Å²) in [6.45, 7) is 2.99. The van der Waals surface area contributed by atoms with Crippen LogP contribution in [0.25, 0.3) is 0 Å². The zero-order valence-electron chi connectivity index (χ0n) is 18.3. The molecular formula is C22H28ClFN6O2. The maximum Gasteiger partial charge on any atom is 0.322 e. The first-order chi connectivity index (χ1) is 15.3. The van der Waals surface area contributed by atoms with E-state index < -0.39 is 5.82 Å². The van der Waals surface area contributed by atoms with Crippen molar-refractivity contribution in [2.75, 3.05) is 18.4 Å². The number of likely N-dealkylation sites (tertiary alicyclic amines) is 1. The van der Waals surface area contributed by atoms with Crippen molar-refractivity contribution in [1.82, 2.24) is 24.9 Å². The van der Waals surface area contributed by atoms with Crippen LogP contribution in [0.2, 0.25) is 5.02 Å². The third-order valence-electron chi connectivity index (χ3n) is 5.97. The van der Waals surface area contributed by atoms with Crippen LogP contribution in [0, 0.1) is 12.7 Å². The number of carbonyl (C=O) groups is 2. The van der Waals surface area contributed by atoms with Gasteiger partial charge in [-0.3, -0.25) is 4.68 Å². The van der Waals surface area contributed by atoms with E-state index in [1.165, 1.54) is 6.07 Å². The van der Waals surface area contributed by atoms with E-state index in [4.69, 9.17) is 11.6 Å². The smallest absolute Gasteiger partial charge is 0.322 e. The first-order valence-corrected chi connectivity index (χ1v) is 11.2. The summed E-state index contributed by atoms with van der Waals surface area (Å²) in [5, 5.41) is 10.2. The molecule has 0 unspecified atom stereocenters. The molecular weight excluding hydrogens is 435 g/mol. The molecule has 172 valence electrons. The van der Waals surface area contributed by atoms with E-state index in [2.05, 4.69) is 15.7 Å². The predicted molar refractivity (Wildman–Crippen MR) is 120 cm³/mol. The number of benzene rings is 1. The van der Waals surface area contributed by atoms with Crippen molar-refractivity contribution in [2.24, 2.45) is 7.05 Å². The van der Waals surface area contributed by atoms with Crippen LogP contribution in [0.1, 0.15) is 36.8 Å². The number of piperidine rings is 1. The Hall–Kier alpha value is -2.81. The quantitative estimate of drug-likeness (QED) is 0.707. The lowest BCUT2D eigenvalue weighted by Gasteiger charge is -2.39. The van der Waals surface area contributed by atoms with Gasteiger partial charge in [0.1, 0.15) is 5.82 Å². The van der Waals surface area contributed by atoms with Gasteiger partial charge >= 0.3 is 12.1 Å². The number of halogens is 2. The molecule has 32 heavy (non-hydrogen) atoms. The van der Waals surface area contributed by atoms with Crippen molar-refractivity contribution < 1.29 is 14.0 Å². The van der Waals surface area contributed by atoms with E-state index in [-0.39, 0.29) is 30.7 Å². The van der Waals surface area contributed by atoms with Gasteiger partial charge in [0.05, 0.1) is 17.9 Å². The summed E-state index contributed by atoms with van der Waals surface area (Å²) in [5.74, 6) is -0.435. The molecule has 4 amide bonds. The van der Waals surface area contributed by atoms with Gasteiger partial charge in [-0.25, -0.2) is 14.0 Å². The number of rotatable bonds is 5. The van der Waals surface area contributed by atoms with Crippen LogP contribution in [0.5, 0.6) is 0 Å². The Balaban J connectivity index is 1.39. The fraction of sp³-hybridized carbons (Fsp3) is 0.500. The van der Waals surface area contributed by atoms with Crippen molar-refractivity contribution >= 4 is 29.4 Å². The summed E-state index contributed by atoms with van der Waals surface area (Å²) in [5.41, 5.74) is 1.80. The van der Waals surface area contributed by atoms with Crippen LogP contribution in [0.3, 0.4) is 0 Å². The zero-order valence-corrected chi connectivity index (χ0v) is 19.0. The number of aromatic nitrogens is 2. The van der Waals surface area contributed by atoms with E-state index in [9.17, 15) is 14.0 Å². The molecule has 2 aliphatic rings.